The van der Waals surface area contributed by atoms with Crippen LogP contribution in [0.3, 0.4) is 0 Å². The molecule has 0 aromatic rings. The number of hydrogen-bond acceptors (Lipinski definition) is 2. The lowest BCUT2D eigenvalue weighted by Gasteiger charge is -2.43. The number of likely N-dealkylation sites (tertiary alicyclic amines) is 1. The number of nitrogens with one attached hydrogen (secondary N) is 1. The van der Waals surface area contributed by atoms with Crippen molar-refractivity contribution >= 4 is 0 Å². The standard InChI is InChI=1S/C16H30N2/c1-3-7-17-15-6-8-18(11-12(15)2)16-10-13-4-5-14(16)9-13/h12-17H,3-11H2,1-2H3. The molecule has 0 amide bonds. The molecule has 3 aliphatic rings. The highest BCUT2D eigenvalue weighted by Gasteiger charge is 2.43. The van der Waals surface area contributed by atoms with Gasteiger partial charge in [0.1, 0.15) is 0 Å². The third-order valence-corrected chi connectivity index (χ3v) is 5.76. The Kier molecular flexibility index (Phi) is 3.95. The van der Waals surface area contributed by atoms with Crippen molar-refractivity contribution in [2.45, 2.75) is 64.5 Å². The van der Waals surface area contributed by atoms with Gasteiger partial charge in [-0.2, -0.15) is 0 Å². The van der Waals surface area contributed by atoms with E-state index in [0.717, 1.165) is 29.8 Å². The predicted octanol–water partition coefficient (Wildman–Crippen LogP) is 2.89. The normalized spacial score (nSPS) is 44.7. The molecule has 3 fully saturated rings. The Bertz CT molecular complexity index is 278. The van der Waals surface area contributed by atoms with Gasteiger partial charge >= 0.3 is 0 Å². The first-order chi connectivity index (χ1) is 8.78. The van der Waals surface area contributed by atoms with E-state index >= 15 is 0 Å². The molecule has 0 aromatic carbocycles. The number of piperidine rings is 1. The summed E-state index contributed by atoms with van der Waals surface area (Å²) in [5.41, 5.74) is 0. The van der Waals surface area contributed by atoms with Gasteiger partial charge in [-0.25, -0.2) is 0 Å². The van der Waals surface area contributed by atoms with Gasteiger partial charge in [0, 0.05) is 18.6 Å². The fourth-order valence-electron chi connectivity index (χ4n) is 4.77. The molecule has 0 radical (unpaired) electrons. The van der Waals surface area contributed by atoms with Crippen molar-refractivity contribution in [1.82, 2.24) is 10.2 Å². The van der Waals surface area contributed by atoms with Crippen molar-refractivity contribution in [3.05, 3.63) is 0 Å². The maximum atomic E-state index is 3.74. The van der Waals surface area contributed by atoms with E-state index in [9.17, 15) is 0 Å². The van der Waals surface area contributed by atoms with Crippen molar-refractivity contribution in [3.63, 3.8) is 0 Å². The Labute approximate surface area is 113 Å². The molecule has 2 saturated carbocycles. The molecule has 18 heavy (non-hydrogen) atoms. The minimum atomic E-state index is 0.778. The summed E-state index contributed by atoms with van der Waals surface area (Å²) in [7, 11) is 0. The van der Waals surface area contributed by atoms with Crippen LogP contribution >= 0.6 is 0 Å². The van der Waals surface area contributed by atoms with Gasteiger partial charge in [-0.05, 0) is 62.9 Å². The van der Waals surface area contributed by atoms with E-state index < -0.39 is 0 Å². The average Bonchev–Trinajstić information content (AvgIpc) is 2.99. The molecule has 1 N–H and O–H groups in total. The van der Waals surface area contributed by atoms with Crippen molar-refractivity contribution in [2.75, 3.05) is 19.6 Å². The van der Waals surface area contributed by atoms with Crippen molar-refractivity contribution in [1.29, 1.82) is 0 Å². The fourth-order valence-corrected chi connectivity index (χ4v) is 4.77. The molecule has 2 bridgehead atoms. The number of hydrogen-bond donors (Lipinski definition) is 1. The predicted molar refractivity (Wildman–Crippen MR) is 76.7 cm³/mol. The summed E-state index contributed by atoms with van der Waals surface area (Å²) < 4.78 is 0. The van der Waals surface area contributed by atoms with Gasteiger partial charge in [0.2, 0.25) is 0 Å². The van der Waals surface area contributed by atoms with Gasteiger partial charge in [0.05, 0.1) is 0 Å². The summed E-state index contributed by atoms with van der Waals surface area (Å²) in [5, 5.41) is 3.74. The second-order valence-corrected chi connectivity index (χ2v) is 7.06. The van der Waals surface area contributed by atoms with E-state index in [4.69, 9.17) is 0 Å². The second kappa shape index (κ2) is 5.50. The molecule has 2 heteroatoms. The minimum Gasteiger partial charge on any atom is -0.314 e. The number of nitrogens with zero attached hydrogens (tertiary/aromatic N) is 1. The molecule has 1 saturated heterocycles. The van der Waals surface area contributed by atoms with E-state index in [1.54, 1.807) is 6.42 Å². The highest BCUT2D eigenvalue weighted by molar-refractivity contribution is 4.97. The Balaban J connectivity index is 1.52. The third-order valence-electron chi connectivity index (χ3n) is 5.76. The molecular weight excluding hydrogens is 220 g/mol. The molecule has 5 atom stereocenters. The van der Waals surface area contributed by atoms with Crippen LogP contribution in [-0.4, -0.2) is 36.6 Å². The summed E-state index contributed by atoms with van der Waals surface area (Å²) in [5.74, 6) is 2.98. The maximum absolute atomic E-state index is 3.74. The van der Waals surface area contributed by atoms with Crippen LogP contribution in [0.1, 0.15) is 52.4 Å². The molecule has 1 heterocycles. The first kappa shape index (κ1) is 12.9. The van der Waals surface area contributed by atoms with Crippen molar-refractivity contribution in [2.24, 2.45) is 17.8 Å². The lowest BCUT2D eigenvalue weighted by atomic mass is 9.88. The fraction of sp³-hybridized carbons (Fsp3) is 1.00. The minimum absolute atomic E-state index is 0.778. The Morgan fingerprint density at radius 2 is 2.06 bits per heavy atom. The highest BCUT2D eigenvalue weighted by atomic mass is 15.2. The Morgan fingerprint density at radius 1 is 1.17 bits per heavy atom. The highest BCUT2D eigenvalue weighted by Crippen LogP contribution is 2.47. The number of rotatable bonds is 4. The van der Waals surface area contributed by atoms with E-state index in [-0.39, 0.29) is 0 Å². The largest absolute Gasteiger partial charge is 0.314 e. The number of fused-ring (bicyclic) bond motifs is 2. The molecule has 2 nitrogen and oxygen atoms in total. The van der Waals surface area contributed by atoms with Gasteiger partial charge in [0.15, 0.2) is 0 Å². The van der Waals surface area contributed by atoms with Crippen LogP contribution in [0.25, 0.3) is 0 Å². The van der Waals surface area contributed by atoms with Gasteiger partial charge in [-0.15, -0.1) is 0 Å². The molecule has 0 spiro atoms. The summed E-state index contributed by atoms with van der Waals surface area (Å²) in [6, 6.07) is 1.73. The zero-order valence-corrected chi connectivity index (χ0v) is 12.2. The summed E-state index contributed by atoms with van der Waals surface area (Å²) in [6.45, 7) is 8.60. The summed E-state index contributed by atoms with van der Waals surface area (Å²) >= 11 is 0. The van der Waals surface area contributed by atoms with Crippen LogP contribution in [0.5, 0.6) is 0 Å². The van der Waals surface area contributed by atoms with Crippen molar-refractivity contribution in [3.8, 4) is 0 Å². The maximum Gasteiger partial charge on any atom is 0.0126 e. The SMILES string of the molecule is CCCNC1CCN(C2CC3CCC2C3)CC1C. The molecule has 5 unspecified atom stereocenters. The van der Waals surface area contributed by atoms with Crippen molar-refractivity contribution < 1.29 is 0 Å². The van der Waals surface area contributed by atoms with Crippen LogP contribution in [0.15, 0.2) is 0 Å². The first-order valence-electron chi connectivity index (χ1n) is 8.25. The van der Waals surface area contributed by atoms with E-state index in [2.05, 4.69) is 24.1 Å². The first-order valence-corrected chi connectivity index (χ1v) is 8.25. The Hall–Kier alpha value is -0.0800. The quantitative estimate of drug-likeness (QED) is 0.825. The van der Waals surface area contributed by atoms with E-state index in [1.165, 1.54) is 51.7 Å². The summed E-state index contributed by atoms with van der Waals surface area (Å²) in [6.07, 6.45) is 8.76. The second-order valence-electron chi connectivity index (χ2n) is 7.06. The lowest BCUT2D eigenvalue weighted by Crippen LogP contribution is -2.52. The van der Waals surface area contributed by atoms with Crippen LogP contribution in [0.4, 0.5) is 0 Å². The van der Waals surface area contributed by atoms with E-state index in [0.29, 0.717) is 0 Å². The molecule has 104 valence electrons. The summed E-state index contributed by atoms with van der Waals surface area (Å²) in [4.78, 5) is 2.85. The molecule has 2 aliphatic carbocycles. The molecule has 1 aliphatic heterocycles. The van der Waals surface area contributed by atoms with E-state index in [1.807, 2.05) is 0 Å². The molecule has 0 aromatic heterocycles. The van der Waals surface area contributed by atoms with Gasteiger partial charge in [0.25, 0.3) is 0 Å². The molecular formula is C16H30N2. The molecule has 3 rings (SSSR count). The third kappa shape index (κ3) is 2.46. The van der Waals surface area contributed by atoms with Crippen LogP contribution in [0, 0.1) is 17.8 Å². The Morgan fingerprint density at radius 3 is 2.67 bits per heavy atom. The smallest absolute Gasteiger partial charge is 0.0126 e. The van der Waals surface area contributed by atoms with Gasteiger partial charge < -0.3 is 5.32 Å². The van der Waals surface area contributed by atoms with Gasteiger partial charge in [-0.3, -0.25) is 4.90 Å². The topological polar surface area (TPSA) is 15.3 Å². The van der Waals surface area contributed by atoms with Crippen LogP contribution < -0.4 is 5.32 Å². The lowest BCUT2D eigenvalue weighted by molar-refractivity contribution is 0.0751. The average molecular weight is 250 g/mol. The monoisotopic (exact) mass is 250 g/mol. The van der Waals surface area contributed by atoms with Crippen LogP contribution in [-0.2, 0) is 0 Å². The zero-order chi connectivity index (χ0) is 12.5. The van der Waals surface area contributed by atoms with Gasteiger partial charge in [-0.1, -0.05) is 20.3 Å². The van der Waals surface area contributed by atoms with Crippen LogP contribution in [0.2, 0.25) is 0 Å². The zero-order valence-electron chi connectivity index (χ0n) is 12.2.